The molecule has 5 nitrogen and oxygen atoms in total. The zero-order valence-electron chi connectivity index (χ0n) is 9.11. The summed E-state index contributed by atoms with van der Waals surface area (Å²) in [4.78, 5) is 24.3. The van der Waals surface area contributed by atoms with Gasteiger partial charge in [-0.1, -0.05) is 6.92 Å². The topological polar surface area (TPSA) is 89.4 Å². The lowest BCUT2D eigenvalue weighted by molar-refractivity contribution is -0.135. The third-order valence-electron chi connectivity index (χ3n) is 2.87. The standard InChI is InChI=1S/C10H19N3O2/c1-2-7-4-3-5-13(7)10(15)8(11)6-9(12)14/h7-8H,2-6,11H2,1H3,(H2,12,14). The fraction of sp³-hybridized carbons (Fsp3) is 0.800. The van der Waals surface area contributed by atoms with Gasteiger partial charge in [0.05, 0.1) is 12.5 Å². The Kier molecular flexibility index (Phi) is 4.08. The highest BCUT2D eigenvalue weighted by atomic mass is 16.2. The van der Waals surface area contributed by atoms with E-state index in [2.05, 4.69) is 6.92 Å². The largest absolute Gasteiger partial charge is 0.370 e. The average molecular weight is 213 g/mol. The highest BCUT2D eigenvalue weighted by Crippen LogP contribution is 2.20. The van der Waals surface area contributed by atoms with Gasteiger partial charge in [-0.25, -0.2) is 0 Å². The van der Waals surface area contributed by atoms with Crippen molar-refractivity contribution in [2.24, 2.45) is 11.5 Å². The van der Waals surface area contributed by atoms with E-state index < -0.39 is 11.9 Å². The van der Waals surface area contributed by atoms with Gasteiger partial charge in [0.1, 0.15) is 0 Å². The van der Waals surface area contributed by atoms with Gasteiger partial charge in [0.25, 0.3) is 0 Å². The Labute approximate surface area is 89.8 Å². The van der Waals surface area contributed by atoms with Crippen LogP contribution in [0.1, 0.15) is 32.6 Å². The van der Waals surface area contributed by atoms with E-state index in [4.69, 9.17) is 11.5 Å². The fourth-order valence-corrected chi connectivity index (χ4v) is 2.07. The van der Waals surface area contributed by atoms with Crippen LogP contribution in [0.2, 0.25) is 0 Å². The molecular formula is C10H19N3O2. The predicted molar refractivity (Wildman–Crippen MR) is 56.8 cm³/mol. The van der Waals surface area contributed by atoms with Gasteiger partial charge in [-0.15, -0.1) is 0 Å². The first-order chi connectivity index (χ1) is 7.06. The van der Waals surface area contributed by atoms with Crippen LogP contribution in [0.25, 0.3) is 0 Å². The summed E-state index contributed by atoms with van der Waals surface area (Å²) in [5.41, 5.74) is 10.6. The number of hydrogen-bond donors (Lipinski definition) is 2. The van der Waals surface area contributed by atoms with Crippen LogP contribution in [-0.4, -0.2) is 35.3 Å². The maximum Gasteiger partial charge on any atom is 0.240 e. The number of hydrogen-bond acceptors (Lipinski definition) is 3. The number of carbonyl (C=O) groups is 2. The van der Waals surface area contributed by atoms with Crippen LogP contribution in [0.4, 0.5) is 0 Å². The van der Waals surface area contributed by atoms with E-state index in [-0.39, 0.29) is 18.4 Å². The summed E-state index contributed by atoms with van der Waals surface area (Å²) >= 11 is 0. The number of carbonyl (C=O) groups excluding carboxylic acids is 2. The molecule has 1 heterocycles. The van der Waals surface area contributed by atoms with Crippen molar-refractivity contribution in [3.8, 4) is 0 Å². The monoisotopic (exact) mass is 213 g/mol. The molecule has 0 aromatic carbocycles. The zero-order valence-corrected chi connectivity index (χ0v) is 9.11. The molecule has 1 saturated heterocycles. The van der Waals surface area contributed by atoms with Gasteiger partial charge in [0.15, 0.2) is 0 Å². The Balaban J connectivity index is 2.55. The van der Waals surface area contributed by atoms with Crippen LogP contribution in [0.5, 0.6) is 0 Å². The van der Waals surface area contributed by atoms with E-state index in [0.29, 0.717) is 0 Å². The van der Waals surface area contributed by atoms with Gasteiger partial charge in [-0.05, 0) is 19.3 Å². The minimum absolute atomic E-state index is 0.0637. The van der Waals surface area contributed by atoms with Gasteiger partial charge in [0, 0.05) is 12.6 Å². The minimum Gasteiger partial charge on any atom is -0.370 e. The number of nitrogens with two attached hydrogens (primary N) is 2. The second-order valence-electron chi connectivity index (χ2n) is 4.01. The Morgan fingerprint density at radius 1 is 1.53 bits per heavy atom. The third kappa shape index (κ3) is 2.92. The van der Waals surface area contributed by atoms with E-state index in [0.717, 1.165) is 25.8 Å². The van der Waals surface area contributed by atoms with Crippen LogP contribution in [-0.2, 0) is 9.59 Å². The summed E-state index contributed by atoms with van der Waals surface area (Å²) in [6.07, 6.45) is 2.93. The van der Waals surface area contributed by atoms with Crippen molar-refractivity contribution < 1.29 is 9.59 Å². The van der Waals surface area contributed by atoms with Crippen molar-refractivity contribution in [2.45, 2.75) is 44.7 Å². The molecule has 2 atom stereocenters. The van der Waals surface area contributed by atoms with Crippen LogP contribution in [0.15, 0.2) is 0 Å². The predicted octanol–water partition coefficient (Wildman–Crippen LogP) is -0.410. The number of amides is 2. The summed E-state index contributed by atoms with van der Waals surface area (Å²) < 4.78 is 0. The highest BCUT2D eigenvalue weighted by Gasteiger charge is 2.30. The maximum absolute atomic E-state index is 11.8. The van der Waals surface area contributed by atoms with Crippen molar-refractivity contribution in [1.82, 2.24) is 4.90 Å². The van der Waals surface area contributed by atoms with Crippen molar-refractivity contribution in [2.75, 3.05) is 6.54 Å². The molecule has 5 heteroatoms. The van der Waals surface area contributed by atoms with Crippen LogP contribution < -0.4 is 11.5 Å². The maximum atomic E-state index is 11.8. The molecule has 2 unspecified atom stereocenters. The first-order valence-electron chi connectivity index (χ1n) is 5.40. The van der Waals surface area contributed by atoms with Crippen molar-refractivity contribution in [1.29, 1.82) is 0 Å². The number of primary amides is 1. The van der Waals surface area contributed by atoms with Crippen LogP contribution >= 0.6 is 0 Å². The van der Waals surface area contributed by atoms with E-state index in [9.17, 15) is 9.59 Å². The molecule has 1 rings (SSSR count). The molecule has 0 bridgehead atoms. The van der Waals surface area contributed by atoms with Gasteiger partial charge >= 0.3 is 0 Å². The zero-order chi connectivity index (χ0) is 11.4. The van der Waals surface area contributed by atoms with E-state index in [1.807, 2.05) is 0 Å². The number of rotatable bonds is 4. The molecule has 1 fully saturated rings. The Hall–Kier alpha value is -1.10. The van der Waals surface area contributed by atoms with Gasteiger partial charge < -0.3 is 16.4 Å². The quantitative estimate of drug-likeness (QED) is 0.665. The molecule has 0 aliphatic carbocycles. The lowest BCUT2D eigenvalue weighted by Crippen LogP contribution is -2.47. The summed E-state index contributed by atoms with van der Waals surface area (Å²) in [5, 5.41) is 0. The summed E-state index contributed by atoms with van der Waals surface area (Å²) in [6, 6.07) is -0.480. The molecular weight excluding hydrogens is 194 g/mol. The molecule has 15 heavy (non-hydrogen) atoms. The summed E-state index contributed by atoms with van der Waals surface area (Å²) in [7, 11) is 0. The third-order valence-corrected chi connectivity index (χ3v) is 2.87. The molecule has 86 valence electrons. The molecule has 0 spiro atoms. The lowest BCUT2D eigenvalue weighted by Gasteiger charge is -2.26. The average Bonchev–Trinajstić information content (AvgIpc) is 2.62. The molecule has 0 aromatic rings. The molecule has 1 aliphatic rings. The lowest BCUT2D eigenvalue weighted by atomic mass is 10.1. The van der Waals surface area contributed by atoms with Crippen molar-refractivity contribution >= 4 is 11.8 Å². The Bertz CT molecular complexity index is 255. The second kappa shape index (κ2) is 5.11. The first kappa shape index (κ1) is 12.0. The molecule has 2 amide bonds. The molecule has 0 radical (unpaired) electrons. The molecule has 0 aromatic heterocycles. The second-order valence-corrected chi connectivity index (χ2v) is 4.01. The minimum atomic E-state index is -0.769. The van der Waals surface area contributed by atoms with Crippen LogP contribution in [0.3, 0.4) is 0 Å². The SMILES string of the molecule is CCC1CCCN1C(=O)C(N)CC(N)=O. The van der Waals surface area contributed by atoms with Crippen LogP contribution in [0, 0.1) is 0 Å². The fourth-order valence-electron chi connectivity index (χ4n) is 2.07. The Morgan fingerprint density at radius 3 is 2.73 bits per heavy atom. The van der Waals surface area contributed by atoms with Gasteiger partial charge in [-0.2, -0.15) is 0 Å². The van der Waals surface area contributed by atoms with Gasteiger partial charge in [-0.3, -0.25) is 9.59 Å². The smallest absolute Gasteiger partial charge is 0.240 e. The molecule has 1 aliphatic heterocycles. The highest BCUT2D eigenvalue weighted by molar-refractivity contribution is 5.87. The summed E-state index contributed by atoms with van der Waals surface area (Å²) in [6.45, 7) is 2.81. The van der Waals surface area contributed by atoms with E-state index >= 15 is 0 Å². The van der Waals surface area contributed by atoms with Crippen molar-refractivity contribution in [3.05, 3.63) is 0 Å². The number of nitrogens with zero attached hydrogens (tertiary/aromatic N) is 1. The molecule has 4 N–H and O–H groups in total. The molecule has 0 saturated carbocycles. The van der Waals surface area contributed by atoms with Gasteiger partial charge in [0.2, 0.25) is 11.8 Å². The first-order valence-corrected chi connectivity index (χ1v) is 5.40. The summed E-state index contributed by atoms with van der Waals surface area (Å²) in [5.74, 6) is -0.666. The van der Waals surface area contributed by atoms with Crippen molar-refractivity contribution in [3.63, 3.8) is 0 Å². The normalized spacial score (nSPS) is 22.8. The van der Waals surface area contributed by atoms with E-state index in [1.165, 1.54) is 0 Å². The Morgan fingerprint density at radius 2 is 2.20 bits per heavy atom. The number of likely N-dealkylation sites (tertiary alicyclic amines) is 1. The van der Waals surface area contributed by atoms with E-state index in [1.54, 1.807) is 4.90 Å².